The van der Waals surface area contributed by atoms with Crippen LogP contribution in [-0.4, -0.2) is 22.1 Å². The molecule has 1 aliphatic rings. The summed E-state index contributed by atoms with van der Waals surface area (Å²) in [5.41, 5.74) is 6.70. The average molecular weight is 307 g/mol. The molecule has 1 aromatic carbocycles. The van der Waals surface area contributed by atoms with Crippen LogP contribution in [0.25, 0.3) is 10.2 Å². The van der Waals surface area contributed by atoms with Crippen LogP contribution in [0.4, 0.5) is 5.69 Å². The summed E-state index contributed by atoms with van der Waals surface area (Å²) in [5.74, 6) is 0.303. The lowest BCUT2D eigenvalue weighted by Gasteiger charge is -2.27. The Balaban J connectivity index is 1.95. The van der Waals surface area contributed by atoms with Crippen LogP contribution >= 0.6 is 11.3 Å². The topological polar surface area (TPSA) is 91.3 Å². The Morgan fingerprint density at radius 3 is 3.00 bits per heavy atom. The number of rotatable bonds is 3. The zero-order valence-corrected chi connectivity index (χ0v) is 12.6. The largest absolute Gasteiger partial charge is 0.483 e. The second-order valence-electron chi connectivity index (χ2n) is 5.44. The summed E-state index contributed by atoms with van der Waals surface area (Å²) in [5, 5.41) is 12.1. The predicted molar refractivity (Wildman–Crippen MR) is 81.9 cm³/mol. The van der Waals surface area contributed by atoms with Crippen molar-refractivity contribution in [1.82, 2.24) is 4.98 Å². The number of thiazole rings is 1. The molecule has 1 aliphatic carbocycles. The van der Waals surface area contributed by atoms with E-state index in [1.165, 1.54) is 11.3 Å². The summed E-state index contributed by atoms with van der Waals surface area (Å²) in [6.07, 6.45) is 3.57. The molecule has 6 nitrogen and oxygen atoms in total. The molecule has 3 rings (SSSR count). The van der Waals surface area contributed by atoms with E-state index < -0.39 is 4.92 Å². The lowest BCUT2D eigenvalue weighted by atomic mass is 9.93. The first-order chi connectivity index (χ1) is 10.0. The van der Waals surface area contributed by atoms with Gasteiger partial charge in [0.05, 0.1) is 20.1 Å². The van der Waals surface area contributed by atoms with Crippen molar-refractivity contribution in [1.29, 1.82) is 0 Å². The van der Waals surface area contributed by atoms with Gasteiger partial charge in [-0.15, -0.1) is 11.3 Å². The molecule has 1 heterocycles. The Labute approximate surface area is 126 Å². The molecule has 2 N–H and O–H groups in total. The summed E-state index contributed by atoms with van der Waals surface area (Å²) in [6, 6.07) is 3.35. The van der Waals surface area contributed by atoms with Crippen LogP contribution in [-0.2, 0) is 0 Å². The Bertz CT molecular complexity index is 685. The molecule has 0 saturated heterocycles. The summed E-state index contributed by atoms with van der Waals surface area (Å²) < 4.78 is 6.69. The maximum Gasteiger partial charge on any atom is 0.312 e. The fraction of sp³-hybridized carbons (Fsp3) is 0.500. The number of aromatic nitrogens is 1. The third-order valence-electron chi connectivity index (χ3n) is 3.73. The first-order valence-electron chi connectivity index (χ1n) is 7.01. The van der Waals surface area contributed by atoms with E-state index in [1.807, 2.05) is 6.92 Å². The second-order valence-corrected chi connectivity index (χ2v) is 6.68. The number of hydrogen-bond acceptors (Lipinski definition) is 6. The summed E-state index contributed by atoms with van der Waals surface area (Å²) in [7, 11) is 0. The van der Waals surface area contributed by atoms with E-state index in [9.17, 15) is 10.1 Å². The van der Waals surface area contributed by atoms with Crippen molar-refractivity contribution in [3.8, 4) is 5.75 Å². The minimum Gasteiger partial charge on any atom is -0.483 e. The van der Waals surface area contributed by atoms with Crippen LogP contribution in [0.15, 0.2) is 12.1 Å². The number of aryl methyl sites for hydroxylation is 1. The normalized spacial score (nSPS) is 22.4. The number of fused-ring (bicyclic) bond motifs is 1. The predicted octanol–water partition coefficient (Wildman–Crippen LogP) is 3.16. The number of nitrogens with two attached hydrogens (primary N) is 1. The lowest BCUT2D eigenvalue weighted by molar-refractivity contribution is -0.385. The van der Waals surface area contributed by atoms with Crippen molar-refractivity contribution in [2.75, 3.05) is 0 Å². The van der Waals surface area contributed by atoms with Crippen molar-refractivity contribution in [3.05, 3.63) is 27.3 Å². The summed E-state index contributed by atoms with van der Waals surface area (Å²) >= 11 is 1.45. The molecule has 7 heteroatoms. The van der Waals surface area contributed by atoms with Crippen LogP contribution in [0.5, 0.6) is 5.75 Å². The quantitative estimate of drug-likeness (QED) is 0.694. The van der Waals surface area contributed by atoms with E-state index in [0.717, 1.165) is 40.9 Å². The van der Waals surface area contributed by atoms with Gasteiger partial charge >= 0.3 is 5.69 Å². The van der Waals surface area contributed by atoms with Gasteiger partial charge in [-0.2, -0.15) is 0 Å². The minimum atomic E-state index is -0.396. The van der Waals surface area contributed by atoms with Gasteiger partial charge in [0.1, 0.15) is 6.10 Å². The number of nitro benzene ring substituents is 1. The fourth-order valence-electron chi connectivity index (χ4n) is 2.76. The van der Waals surface area contributed by atoms with E-state index in [-0.39, 0.29) is 17.8 Å². The Kier molecular flexibility index (Phi) is 3.77. The molecular weight excluding hydrogens is 290 g/mol. The minimum absolute atomic E-state index is 0.00490. The number of nitro groups is 1. The van der Waals surface area contributed by atoms with E-state index in [1.54, 1.807) is 12.1 Å². The van der Waals surface area contributed by atoms with Gasteiger partial charge < -0.3 is 10.5 Å². The molecular formula is C14H17N3O3S. The zero-order chi connectivity index (χ0) is 15.0. The van der Waals surface area contributed by atoms with Crippen LogP contribution in [0.1, 0.15) is 30.7 Å². The lowest BCUT2D eigenvalue weighted by Crippen LogP contribution is -2.33. The highest BCUT2D eigenvalue weighted by Gasteiger charge is 2.25. The molecule has 1 saturated carbocycles. The van der Waals surface area contributed by atoms with Crippen molar-refractivity contribution in [2.24, 2.45) is 5.73 Å². The van der Waals surface area contributed by atoms with Crippen molar-refractivity contribution in [2.45, 2.75) is 44.8 Å². The molecule has 2 unspecified atom stereocenters. The molecule has 1 fully saturated rings. The van der Waals surface area contributed by atoms with Gasteiger partial charge in [-0.05, 0) is 32.6 Å². The highest BCUT2D eigenvalue weighted by molar-refractivity contribution is 7.18. The van der Waals surface area contributed by atoms with Gasteiger partial charge in [0.2, 0.25) is 0 Å². The molecule has 0 amide bonds. The summed E-state index contributed by atoms with van der Waals surface area (Å²) in [4.78, 5) is 15.2. The van der Waals surface area contributed by atoms with Gasteiger partial charge in [-0.25, -0.2) is 4.98 Å². The highest BCUT2D eigenvalue weighted by atomic mass is 32.1. The van der Waals surface area contributed by atoms with Crippen molar-refractivity contribution >= 4 is 27.2 Å². The standard InChI is InChI=1S/C14H17N3O3S/c1-8-16-11-6-13(12(17(18)19)7-14(11)21-8)20-10-4-2-3-9(15)5-10/h6-7,9-10H,2-5,15H2,1H3. The van der Waals surface area contributed by atoms with Crippen LogP contribution < -0.4 is 10.5 Å². The molecule has 2 atom stereocenters. The molecule has 112 valence electrons. The molecule has 0 aliphatic heterocycles. The monoisotopic (exact) mass is 307 g/mol. The molecule has 0 spiro atoms. The molecule has 0 radical (unpaired) electrons. The Morgan fingerprint density at radius 2 is 2.29 bits per heavy atom. The first-order valence-corrected chi connectivity index (χ1v) is 7.82. The van der Waals surface area contributed by atoms with E-state index >= 15 is 0 Å². The molecule has 1 aromatic heterocycles. The first kappa shape index (κ1) is 14.2. The van der Waals surface area contributed by atoms with Crippen LogP contribution in [0, 0.1) is 17.0 Å². The van der Waals surface area contributed by atoms with E-state index in [2.05, 4.69) is 4.98 Å². The third-order valence-corrected chi connectivity index (χ3v) is 4.67. The number of ether oxygens (including phenoxy) is 1. The Morgan fingerprint density at radius 1 is 1.48 bits per heavy atom. The van der Waals surface area contributed by atoms with Crippen LogP contribution in [0.3, 0.4) is 0 Å². The second kappa shape index (κ2) is 5.57. The smallest absolute Gasteiger partial charge is 0.312 e. The van der Waals surface area contributed by atoms with Gasteiger partial charge in [0.15, 0.2) is 5.75 Å². The van der Waals surface area contributed by atoms with E-state index in [4.69, 9.17) is 10.5 Å². The van der Waals surface area contributed by atoms with Gasteiger partial charge in [-0.1, -0.05) is 0 Å². The highest BCUT2D eigenvalue weighted by Crippen LogP contribution is 2.36. The van der Waals surface area contributed by atoms with Gasteiger partial charge in [-0.3, -0.25) is 10.1 Å². The van der Waals surface area contributed by atoms with Crippen molar-refractivity contribution < 1.29 is 9.66 Å². The number of benzene rings is 1. The van der Waals surface area contributed by atoms with Gasteiger partial charge in [0.25, 0.3) is 0 Å². The average Bonchev–Trinajstić information content (AvgIpc) is 2.76. The maximum absolute atomic E-state index is 11.3. The molecule has 0 bridgehead atoms. The number of nitrogens with zero attached hydrogens (tertiary/aromatic N) is 2. The molecule has 21 heavy (non-hydrogen) atoms. The third kappa shape index (κ3) is 2.98. The van der Waals surface area contributed by atoms with Crippen LogP contribution in [0.2, 0.25) is 0 Å². The summed E-state index contributed by atoms with van der Waals surface area (Å²) in [6.45, 7) is 1.89. The van der Waals surface area contributed by atoms with E-state index in [0.29, 0.717) is 5.75 Å². The Hall–Kier alpha value is -1.73. The zero-order valence-electron chi connectivity index (χ0n) is 11.7. The van der Waals surface area contributed by atoms with Gasteiger partial charge in [0, 0.05) is 18.2 Å². The fourth-order valence-corrected chi connectivity index (χ4v) is 3.61. The SMILES string of the molecule is Cc1nc2cc(OC3CCCC(N)C3)c([N+](=O)[O-])cc2s1. The number of hydrogen-bond donors (Lipinski definition) is 1. The van der Waals surface area contributed by atoms with Crippen molar-refractivity contribution in [3.63, 3.8) is 0 Å². The molecule has 2 aromatic rings. The maximum atomic E-state index is 11.3.